The van der Waals surface area contributed by atoms with Crippen molar-refractivity contribution in [1.82, 2.24) is 5.32 Å². The molecule has 1 amide bonds. The van der Waals surface area contributed by atoms with Crippen LogP contribution < -0.4 is 5.32 Å². The van der Waals surface area contributed by atoms with Crippen molar-refractivity contribution in [3.05, 3.63) is 11.3 Å². The molecule has 2 aliphatic rings. The first-order valence-electron chi connectivity index (χ1n) is 5.19. The molecule has 0 aromatic carbocycles. The zero-order chi connectivity index (χ0) is 11.2. The topological polar surface area (TPSA) is 58.5 Å². The molecule has 0 saturated carbocycles. The number of aliphatic imine (C=N–C) groups is 1. The summed E-state index contributed by atoms with van der Waals surface area (Å²) in [6.07, 6.45) is 0.679. The van der Waals surface area contributed by atoms with Crippen molar-refractivity contribution in [3.63, 3.8) is 0 Å². The molecular formula is C11H14N2O2. The van der Waals surface area contributed by atoms with Crippen LogP contribution in [0.15, 0.2) is 16.3 Å². The van der Waals surface area contributed by atoms with E-state index in [-0.39, 0.29) is 23.5 Å². The molecule has 2 atom stereocenters. The summed E-state index contributed by atoms with van der Waals surface area (Å²) in [4.78, 5) is 27.8. The lowest BCUT2D eigenvalue weighted by Crippen LogP contribution is -2.32. The molecule has 0 aromatic heterocycles. The third kappa shape index (κ3) is 1.32. The van der Waals surface area contributed by atoms with Gasteiger partial charge in [0.05, 0.1) is 11.8 Å². The molecule has 0 spiro atoms. The zero-order valence-corrected chi connectivity index (χ0v) is 9.13. The summed E-state index contributed by atoms with van der Waals surface area (Å²) in [6, 6.07) is 0. The first-order chi connectivity index (χ1) is 7.06. The van der Waals surface area contributed by atoms with Crippen LogP contribution in [0.25, 0.3) is 0 Å². The van der Waals surface area contributed by atoms with Gasteiger partial charge in [0.15, 0.2) is 5.78 Å². The number of carbonyl (C=O) groups excluding carboxylic acids is 2. The molecule has 4 nitrogen and oxygen atoms in total. The van der Waals surface area contributed by atoms with E-state index in [4.69, 9.17) is 0 Å². The Morgan fingerprint density at radius 3 is 2.67 bits per heavy atom. The lowest BCUT2D eigenvalue weighted by molar-refractivity contribution is -0.126. The number of hydrogen-bond acceptors (Lipinski definition) is 3. The van der Waals surface area contributed by atoms with Crippen LogP contribution in [-0.2, 0) is 9.59 Å². The van der Waals surface area contributed by atoms with Crippen LogP contribution in [-0.4, -0.2) is 17.5 Å². The highest BCUT2D eigenvalue weighted by molar-refractivity contribution is 6.22. The first-order valence-corrected chi connectivity index (χ1v) is 5.19. The minimum atomic E-state index is -0.365. The molecule has 15 heavy (non-hydrogen) atoms. The maximum Gasteiger partial charge on any atom is 0.229 e. The van der Waals surface area contributed by atoms with E-state index in [0.717, 1.165) is 11.3 Å². The van der Waals surface area contributed by atoms with Crippen molar-refractivity contribution >= 4 is 17.5 Å². The van der Waals surface area contributed by atoms with E-state index in [1.807, 2.05) is 13.8 Å². The van der Waals surface area contributed by atoms with Crippen LogP contribution in [0, 0.1) is 11.8 Å². The number of Topliss-reactive ketones (excluding diaryl/α,β-unsaturated/α-hetero) is 1. The van der Waals surface area contributed by atoms with E-state index in [0.29, 0.717) is 12.3 Å². The molecule has 2 heterocycles. The van der Waals surface area contributed by atoms with Crippen molar-refractivity contribution in [2.75, 3.05) is 0 Å². The van der Waals surface area contributed by atoms with Crippen LogP contribution in [0.2, 0.25) is 0 Å². The maximum atomic E-state index is 12.1. The highest BCUT2D eigenvalue weighted by Gasteiger charge is 2.44. The molecule has 0 aliphatic carbocycles. The normalized spacial score (nSPS) is 30.2. The van der Waals surface area contributed by atoms with Gasteiger partial charge in [0, 0.05) is 11.3 Å². The van der Waals surface area contributed by atoms with Gasteiger partial charge in [-0.15, -0.1) is 0 Å². The van der Waals surface area contributed by atoms with Crippen LogP contribution in [0.1, 0.15) is 27.2 Å². The minimum absolute atomic E-state index is 0.0610. The number of nitrogens with zero attached hydrogens (tertiary/aromatic N) is 1. The van der Waals surface area contributed by atoms with Gasteiger partial charge in [-0.1, -0.05) is 13.8 Å². The smallest absolute Gasteiger partial charge is 0.229 e. The predicted octanol–water partition coefficient (Wildman–Crippen LogP) is 1.03. The average molecular weight is 206 g/mol. The second kappa shape index (κ2) is 3.29. The molecule has 0 aromatic rings. The quantitative estimate of drug-likeness (QED) is 0.696. The maximum absolute atomic E-state index is 12.1. The number of amides is 1. The monoisotopic (exact) mass is 206 g/mol. The van der Waals surface area contributed by atoms with E-state index in [9.17, 15) is 9.59 Å². The summed E-state index contributed by atoms with van der Waals surface area (Å²) in [6.45, 7) is 5.52. The van der Waals surface area contributed by atoms with Gasteiger partial charge in [-0.2, -0.15) is 0 Å². The Bertz CT molecular complexity index is 407. The number of amidine groups is 1. The molecule has 2 unspecified atom stereocenters. The lowest BCUT2D eigenvalue weighted by Gasteiger charge is -2.19. The fourth-order valence-corrected chi connectivity index (χ4v) is 2.20. The summed E-state index contributed by atoms with van der Waals surface area (Å²) >= 11 is 0. The largest absolute Gasteiger partial charge is 0.313 e. The van der Waals surface area contributed by atoms with Gasteiger partial charge in [0.25, 0.3) is 0 Å². The number of nitrogens with one attached hydrogen (secondary N) is 1. The molecule has 2 aliphatic heterocycles. The van der Waals surface area contributed by atoms with Crippen molar-refractivity contribution in [2.45, 2.75) is 27.2 Å². The van der Waals surface area contributed by atoms with Gasteiger partial charge < -0.3 is 5.32 Å². The number of ketones is 1. The molecule has 1 N–H and O–H groups in total. The van der Waals surface area contributed by atoms with Crippen molar-refractivity contribution < 1.29 is 9.59 Å². The summed E-state index contributed by atoms with van der Waals surface area (Å²) in [5.41, 5.74) is 1.50. The SMILES string of the molecule is CCC1=C(C)N=C2NC(=O)C(C)C2C1=O. The molecular weight excluding hydrogens is 192 g/mol. The van der Waals surface area contributed by atoms with Gasteiger partial charge in [-0.05, 0) is 13.3 Å². The fraction of sp³-hybridized carbons (Fsp3) is 0.545. The molecule has 4 heteroatoms. The molecule has 1 fully saturated rings. The molecule has 1 saturated heterocycles. The molecule has 2 rings (SSSR count). The van der Waals surface area contributed by atoms with E-state index >= 15 is 0 Å². The number of allylic oxidation sites excluding steroid dienone is 2. The van der Waals surface area contributed by atoms with E-state index in [1.165, 1.54) is 0 Å². The summed E-state index contributed by atoms with van der Waals surface area (Å²) in [7, 11) is 0. The highest BCUT2D eigenvalue weighted by Crippen LogP contribution is 2.30. The number of hydrogen-bond donors (Lipinski definition) is 1. The average Bonchev–Trinajstić information content (AvgIpc) is 2.43. The van der Waals surface area contributed by atoms with Gasteiger partial charge in [-0.3, -0.25) is 9.59 Å². The molecule has 0 bridgehead atoms. The van der Waals surface area contributed by atoms with Gasteiger partial charge in [-0.25, -0.2) is 4.99 Å². The van der Waals surface area contributed by atoms with Gasteiger partial charge in [0.2, 0.25) is 5.91 Å². The van der Waals surface area contributed by atoms with Crippen molar-refractivity contribution in [3.8, 4) is 0 Å². The van der Waals surface area contributed by atoms with Gasteiger partial charge in [0.1, 0.15) is 5.84 Å². The number of fused-ring (bicyclic) bond motifs is 1. The highest BCUT2D eigenvalue weighted by atomic mass is 16.2. The third-order valence-electron chi connectivity index (χ3n) is 3.12. The predicted molar refractivity (Wildman–Crippen MR) is 56.2 cm³/mol. The van der Waals surface area contributed by atoms with E-state index in [2.05, 4.69) is 10.3 Å². The standard InChI is InChI=1S/C11H14N2O2/c1-4-7-6(3)12-10-8(9(7)14)5(2)11(15)13-10/h5,8H,4H2,1-3H3,(H,12,13,15). The van der Waals surface area contributed by atoms with Crippen LogP contribution >= 0.6 is 0 Å². The Hall–Kier alpha value is -1.45. The Balaban J connectivity index is 2.46. The summed E-state index contributed by atoms with van der Waals surface area (Å²) < 4.78 is 0. The Kier molecular flexibility index (Phi) is 2.21. The Morgan fingerprint density at radius 2 is 2.07 bits per heavy atom. The fourth-order valence-electron chi connectivity index (χ4n) is 2.20. The zero-order valence-electron chi connectivity index (χ0n) is 9.13. The Labute approximate surface area is 88.5 Å². The summed E-state index contributed by atoms with van der Waals surface area (Å²) in [5, 5.41) is 2.67. The van der Waals surface area contributed by atoms with Crippen LogP contribution in [0.5, 0.6) is 0 Å². The third-order valence-corrected chi connectivity index (χ3v) is 3.12. The first kappa shape index (κ1) is 10.1. The molecule has 80 valence electrons. The van der Waals surface area contributed by atoms with Crippen molar-refractivity contribution in [1.29, 1.82) is 0 Å². The number of carbonyl (C=O) groups is 2. The van der Waals surface area contributed by atoms with Crippen molar-refractivity contribution in [2.24, 2.45) is 16.8 Å². The van der Waals surface area contributed by atoms with Crippen LogP contribution in [0.4, 0.5) is 0 Å². The minimum Gasteiger partial charge on any atom is -0.313 e. The van der Waals surface area contributed by atoms with E-state index in [1.54, 1.807) is 6.92 Å². The van der Waals surface area contributed by atoms with Gasteiger partial charge >= 0.3 is 0 Å². The second-order valence-electron chi connectivity index (χ2n) is 4.03. The second-order valence-corrected chi connectivity index (χ2v) is 4.03. The van der Waals surface area contributed by atoms with Crippen LogP contribution in [0.3, 0.4) is 0 Å². The molecule has 0 radical (unpaired) electrons. The lowest BCUT2D eigenvalue weighted by atomic mass is 9.85. The van der Waals surface area contributed by atoms with E-state index < -0.39 is 0 Å². The summed E-state index contributed by atoms with van der Waals surface area (Å²) in [5.74, 6) is -0.155. The Morgan fingerprint density at radius 1 is 1.40 bits per heavy atom. The number of rotatable bonds is 1.